The molecular formula is C22H23NO2S. The average molecular weight is 365 g/mol. The SMILES string of the molecule is O=S1(=O)C[C@@H](N2CCCC2)[C@]12CC1c3ccccc3C2c2ccccc21. The Morgan fingerprint density at radius 3 is 1.92 bits per heavy atom. The van der Waals surface area contributed by atoms with Crippen molar-refractivity contribution in [3.05, 3.63) is 70.8 Å². The molecule has 3 nitrogen and oxygen atoms in total. The lowest BCUT2D eigenvalue weighted by Crippen LogP contribution is -2.74. The van der Waals surface area contributed by atoms with Crippen molar-refractivity contribution in [1.29, 1.82) is 0 Å². The predicted molar refractivity (Wildman–Crippen MR) is 102 cm³/mol. The van der Waals surface area contributed by atoms with Gasteiger partial charge in [-0.3, -0.25) is 4.90 Å². The van der Waals surface area contributed by atoms with Crippen LogP contribution < -0.4 is 0 Å². The van der Waals surface area contributed by atoms with Gasteiger partial charge in [0.1, 0.15) is 4.75 Å². The van der Waals surface area contributed by atoms with Gasteiger partial charge >= 0.3 is 0 Å². The highest BCUT2D eigenvalue weighted by Crippen LogP contribution is 2.64. The number of nitrogens with zero attached hydrogens (tertiary/aromatic N) is 1. The largest absolute Gasteiger partial charge is 0.298 e. The molecule has 0 radical (unpaired) electrons. The number of likely N-dealkylation sites (tertiary alicyclic amines) is 1. The number of hydrogen-bond donors (Lipinski definition) is 0. The van der Waals surface area contributed by atoms with E-state index in [1.54, 1.807) is 0 Å². The number of rotatable bonds is 1. The van der Waals surface area contributed by atoms with E-state index in [0.717, 1.165) is 19.5 Å². The van der Waals surface area contributed by atoms with Gasteiger partial charge < -0.3 is 0 Å². The van der Waals surface area contributed by atoms with Gasteiger partial charge in [-0.1, -0.05) is 48.5 Å². The molecule has 26 heavy (non-hydrogen) atoms. The summed E-state index contributed by atoms with van der Waals surface area (Å²) in [5.74, 6) is 0.553. The molecule has 0 N–H and O–H groups in total. The van der Waals surface area contributed by atoms with E-state index in [-0.39, 0.29) is 17.9 Å². The molecule has 0 saturated carbocycles. The maximum Gasteiger partial charge on any atom is 0.160 e. The zero-order valence-corrected chi connectivity index (χ0v) is 15.6. The topological polar surface area (TPSA) is 37.4 Å². The van der Waals surface area contributed by atoms with Crippen LogP contribution in [0.2, 0.25) is 0 Å². The van der Waals surface area contributed by atoms with E-state index in [4.69, 9.17) is 0 Å². The molecule has 0 unspecified atom stereocenters. The summed E-state index contributed by atoms with van der Waals surface area (Å²) in [5, 5.41) is 0. The molecule has 2 bridgehead atoms. The minimum Gasteiger partial charge on any atom is -0.298 e. The van der Waals surface area contributed by atoms with E-state index in [2.05, 4.69) is 53.4 Å². The van der Waals surface area contributed by atoms with Gasteiger partial charge in [0.2, 0.25) is 0 Å². The van der Waals surface area contributed by atoms with Gasteiger partial charge in [0.25, 0.3) is 0 Å². The number of benzene rings is 2. The van der Waals surface area contributed by atoms with Crippen LogP contribution in [0, 0.1) is 0 Å². The lowest BCUT2D eigenvalue weighted by Gasteiger charge is -2.62. The molecule has 1 spiro atoms. The van der Waals surface area contributed by atoms with Crippen LogP contribution in [-0.4, -0.2) is 42.9 Å². The zero-order chi connectivity index (χ0) is 17.5. The van der Waals surface area contributed by atoms with E-state index < -0.39 is 14.6 Å². The average Bonchev–Trinajstić information content (AvgIpc) is 3.20. The Morgan fingerprint density at radius 1 is 0.846 bits per heavy atom. The molecule has 2 aromatic carbocycles. The molecule has 2 saturated heterocycles. The molecule has 2 fully saturated rings. The number of sulfone groups is 1. The van der Waals surface area contributed by atoms with Crippen molar-refractivity contribution in [2.45, 2.75) is 41.9 Å². The van der Waals surface area contributed by atoms with E-state index in [1.165, 1.54) is 35.1 Å². The molecule has 7 rings (SSSR count). The van der Waals surface area contributed by atoms with E-state index in [0.29, 0.717) is 5.75 Å². The highest BCUT2D eigenvalue weighted by atomic mass is 32.2. The molecule has 2 heterocycles. The summed E-state index contributed by atoms with van der Waals surface area (Å²) < 4.78 is 26.1. The van der Waals surface area contributed by atoms with E-state index in [9.17, 15) is 8.42 Å². The zero-order valence-electron chi connectivity index (χ0n) is 14.8. The Balaban J connectivity index is 1.61. The summed E-state index contributed by atoms with van der Waals surface area (Å²) in [6.07, 6.45) is 3.16. The Labute approximate surface area is 154 Å². The Morgan fingerprint density at radius 2 is 1.38 bits per heavy atom. The summed E-state index contributed by atoms with van der Waals surface area (Å²) in [6.45, 7) is 2.12. The lowest BCUT2D eigenvalue weighted by molar-refractivity contribution is 0.146. The molecule has 2 aliphatic heterocycles. The quantitative estimate of drug-likeness (QED) is 0.778. The third-order valence-corrected chi connectivity index (χ3v) is 10.1. The fourth-order valence-electron chi connectivity index (χ4n) is 6.42. The predicted octanol–water partition coefficient (Wildman–Crippen LogP) is 3.30. The third-order valence-electron chi connectivity index (χ3n) is 7.48. The van der Waals surface area contributed by atoms with Crippen LogP contribution in [0.25, 0.3) is 0 Å². The Kier molecular flexibility index (Phi) is 2.96. The second-order valence-electron chi connectivity index (χ2n) is 8.44. The van der Waals surface area contributed by atoms with Crippen LogP contribution in [0.3, 0.4) is 0 Å². The summed E-state index contributed by atoms with van der Waals surface area (Å²) in [7, 11) is -3.09. The van der Waals surface area contributed by atoms with Crippen molar-refractivity contribution in [2.24, 2.45) is 0 Å². The van der Waals surface area contributed by atoms with Crippen molar-refractivity contribution >= 4 is 9.84 Å². The second kappa shape index (κ2) is 4.99. The van der Waals surface area contributed by atoms with E-state index >= 15 is 0 Å². The number of hydrogen-bond acceptors (Lipinski definition) is 3. The maximum atomic E-state index is 13.3. The highest BCUT2D eigenvalue weighted by molar-refractivity contribution is 7.94. The first-order valence-electron chi connectivity index (χ1n) is 9.77. The van der Waals surface area contributed by atoms with Crippen LogP contribution in [0.15, 0.2) is 48.5 Å². The smallest absolute Gasteiger partial charge is 0.160 e. The van der Waals surface area contributed by atoms with Crippen molar-refractivity contribution in [2.75, 3.05) is 18.8 Å². The summed E-state index contributed by atoms with van der Waals surface area (Å²) in [5.41, 5.74) is 5.22. The van der Waals surface area contributed by atoms with Crippen molar-refractivity contribution in [3.8, 4) is 0 Å². The van der Waals surface area contributed by atoms with Gasteiger partial charge in [-0.05, 0) is 54.6 Å². The molecule has 5 aliphatic rings. The monoisotopic (exact) mass is 365 g/mol. The molecule has 134 valence electrons. The minimum atomic E-state index is -3.09. The molecular weight excluding hydrogens is 342 g/mol. The van der Waals surface area contributed by atoms with Crippen LogP contribution in [0.5, 0.6) is 0 Å². The normalized spacial score (nSPS) is 36.5. The minimum absolute atomic E-state index is 0.00995. The van der Waals surface area contributed by atoms with Gasteiger partial charge in [-0.15, -0.1) is 0 Å². The fraction of sp³-hybridized carbons (Fsp3) is 0.455. The summed E-state index contributed by atoms with van der Waals surface area (Å²) >= 11 is 0. The highest BCUT2D eigenvalue weighted by Gasteiger charge is 2.70. The summed E-state index contributed by atoms with van der Waals surface area (Å²) in [4.78, 5) is 2.48. The van der Waals surface area contributed by atoms with Crippen molar-refractivity contribution in [1.82, 2.24) is 4.90 Å². The van der Waals surface area contributed by atoms with Gasteiger partial charge in [0, 0.05) is 17.9 Å². The van der Waals surface area contributed by atoms with Crippen LogP contribution in [0.1, 0.15) is 53.4 Å². The van der Waals surface area contributed by atoms with Crippen LogP contribution in [-0.2, 0) is 9.84 Å². The Bertz CT molecular complexity index is 961. The van der Waals surface area contributed by atoms with Gasteiger partial charge in [0.15, 0.2) is 9.84 Å². The molecule has 0 aromatic heterocycles. The molecule has 2 aromatic rings. The summed E-state index contributed by atoms with van der Waals surface area (Å²) in [6, 6.07) is 17.3. The molecule has 4 heteroatoms. The lowest BCUT2D eigenvalue weighted by atomic mass is 9.56. The first-order valence-corrected chi connectivity index (χ1v) is 11.4. The first kappa shape index (κ1) is 15.4. The standard InChI is InChI=1S/C22H23NO2S/c24-26(25)14-20(23-11-5-6-12-23)22(26)13-19-15-7-1-3-9-17(15)21(22)18-10-4-2-8-16(18)19/h1-4,7-10,19-21H,5-6,11-14H2/t19?,20-,21?,22+/m1/s1. The van der Waals surface area contributed by atoms with Gasteiger partial charge in [-0.2, -0.15) is 0 Å². The van der Waals surface area contributed by atoms with Gasteiger partial charge in [0.05, 0.1) is 5.75 Å². The van der Waals surface area contributed by atoms with E-state index in [1.807, 2.05) is 0 Å². The molecule has 3 aliphatic carbocycles. The fourth-order valence-corrected chi connectivity index (χ4v) is 9.03. The van der Waals surface area contributed by atoms with Crippen LogP contribution in [0.4, 0.5) is 0 Å². The molecule has 2 atom stereocenters. The van der Waals surface area contributed by atoms with Crippen molar-refractivity contribution < 1.29 is 8.42 Å². The first-order chi connectivity index (χ1) is 12.6. The maximum absolute atomic E-state index is 13.3. The van der Waals surface area contributed by atoms with Crippen LogP contribution >= 0.6 is 0 Å². The Hall–Kier alpha value is -1.65. The van der Waals surface area contributed by atoms with Crippen molar-refractivity contribution in [3.63, 3.8) is 0 Å². The molecule has 0 amide bonds. The third kappa shape index (κ3) is 1.66. The second-order valence-corrected chi connectivity index (χ2v) is 10.8. The van der Waals surface area contributed by atoms with Gasteiger partial charge in [-0.25, -0.2) is 8.42 Å².